The standard InChI is InChI=1S/C14H16F3NO2/c1-2-11-13(9-5-3-4-6-12(9)20-11)10(18)7-19-8-14(15,16)17/h3-6,10H,2,7-8,18H2,1H3. The van der Waals surface area contributed by atoms with Crippen LogP contribution in [0.4, 0.5) is 13.2 Å². The number of furan rings is 1. The van der Waals surface area contributed by atoms with Gasteiger partial charge in [-0.15, -0.1) is 0 Å². The van der Waals surface area contributed by atoms with Crippen molar-refractivity contribution in [2.75, 3.05) is 13.2 Å². The Labute approximate surface area is 114 Å². The monoisotopic (exact) mass is 287 g/mol. The average Bonchev–Trinajstić information content (AvgIpc) is 2.75. The van der Waals surface area contributed by atoms with Gasteiger partial charge in [0.05, 0.1) is 12.6 Å². The lowest BCUT2D eigenvalue weighted by Gasteiger charge is -2.14. The Morgan fingerprint density at radius 1 is 1.30 bits per heavy atom. The Morgan fingerprint density at radius 2 is 2.00 bits per heavy atom. The smallest absolute Gasteiger partial charge is 0.411 e. The molecule has 0 aliphatic rings. The van der Waals surface area contributed by atoms with Crippen LogP contribution in [0.5, 0.6) is 0 Å². The summed E-state index contributed by atoms with van der Waals surface area (Å²) in [6.45, 7) is 0.415. The molecule has 0 aliphatic heterocycles. The van der Waals surface area contributed by atoms with E-state index in [0.717, 1.165) is 10.9 Å². The summed E-state index contributed by atoms with van der Waals surface area (Å²) in [6, 6.07) is 6.68. The lowest BCUT2D eigenvalue weighted by Crippen LogP contribution is -2.23. The lowest BCUT2D eigenvalue weighted by molar-refractivity contribution is -0.174. The van der Waals surface area contributed by atoms with E-state index in [1.54, 1.807) is 6.07 Å². The fourth-order valence-electron chi connectivity index (χ4n) is 2.17. The molecule has 6 heteroatoms. The molecule has 0 amide bonds. The third-order valence-electron chi connectivity index (χ3n) is 2.97. The second-order valence-corrected chi connectivity index (χ2v) is 4.53. The third kappa shape index (κ3) is 3.32. The van der Waals surface area contributed by atoms with Crippen LogP contribution < -0.4 is 5.73 Å². The van der Waals surface area contributed by atoms with E-state index in [0.29, 0.717) is 17.8 Å². The van der Waals surface area contributed by atoms with Crippen molar-refractivity contribution in [3.8, 4) is 0 Å². The molecule has 0 spiro atoms. The first-order valence-electron chi connectivity index (χ1n) is 6.32. The van der Waals surface area contributed by atoms with Gasteiger partial charge in [-0.25, -0.2) is 0 Å². The lowest BCUT2D eigenvalue weighted by atomic mass is 10.0. The molecule has 0 saturated heterocycles. The summed E-state index contributed by atoms with van der Waals surface area (Å²) in [4.78, 5) is 0. The largest absolute Gasteiger partial charge is 0.461 e. The number of fused-ring (bicyclic) bond motifs is 1. The number of hydrogen-bond donors (Lipinski definition) is 1. The van der Waals surface area contributed by atoms with Gasteiger partial charge in [-0.1, -0.05) is 25.1 Å². The third-order valence-corrected chi connectivity index (χ3v) is 2.97. The Hall–Kier alpha value is -1.53. The number of hydrogen-bond acceptors (Lipinski definition) is 3. The highest BCUT2D eigenvalue weighted by atomic mass is 19.4. The van der Waals surface area contributed by atoms with Gasteiger partial charge in [0.25, 0.3) is 0 Å². The van der Waals surface area contributed by atoms with Gasteiger partial charge in [0.15, 0.2) is 0 Å². The number of benzene rings is 1. The van der Waals surface area contributed by atoms with Crippen molar-refractivity contribution in [3.05, 3.63) is 35.6 Å². The molecule has 2 rings (SSSR count). The van der Waals surface area contributed by atoms with E-state index in [1.165, 1.54) is 0 Å². The molecule has 1 atom stereocenters. The van der Waals surface area contributed by atoms with Crippen molar-refractivity contribution in [2.24, 2.45) is 5.73 Å². The predicted molar refractivity (Wildman–Crippen MR) is 69.4 cm³/mol. The molecule has 20 heavy (non-hydrogen) atoms. The molecule has 1 unspecified atom stereocenters. The maximum atomic E-state index is 12.1. The molecular formula is C14H16F3NO2. The predicted octanol–water partition coefficient (Wildman–Crippen LogP) is 3.57. The molecule has 0 aliphatic carbocycles. The van der Waals surface area contributed by atoms with Gasteiger partial charge in [-0.3, -0.25) is 0 Å². The van der Waals surface area contributed by atoms with Crippen molar-refractivity contribution in [3.63, 3.8) is 0 Å². The summed E-state index contributed by atoms with van der Waals surface area (Å²) in [7, 11) is 0. The van der Waals surface area contributed by atoms with E-state index < -0.39 is 18.8 Å². The first-order valence-corrected chi connectivity index (χ1v) is 6.32. The molecule has 1 heterocycles. The van der Waals surface area contributed by atoms with Crippen molar-refractivity contribution in [2.45, 2.75) is 25.6 Å². The van der Waals surface area contributed by atoms with Gasteiger partial charge >= 0.3 is 6.18 Å². The minimum Gasteiger partial charge on any atom is -0.461 e. The highest BCUT2D eigenvalue weighted by Gasteiger charge is 2.28. The summed E-state index contributed by atoms with van der Waals surface area (Å²) >= 11 is 0. The van der Waals surface area contributed by atoms with Crippen LogP contribution in [0.1, 0.15) is 24.3 Å². The number of alkyl halides is 3. The second-order valence-electron chi connectivity index (χ2n) is 4.53. The Morgan fingerprint density at radius 3 is 2.65 bits per heavy atom. The van der Waals surface area contributed by atoms with E-state index in [2.05, 4.69) is 4.74 Å². The first-order chi connectivity index (χ1) is 9.42. The number of nitrogens with two attached hydrogens (primary N) is 1. The summed E-state index contributed by atoms with van der Waals surface area (Å²) in [6.07, 6.45) is -3.72. The zero-order chi connectivity index (χ0) is 14.8. The molecule has 0 bridgehead atoms. The van der Waals surface area contributed by atoms with E-state index in [-0.39, 0.29) is 6.61 Å². The zero-order valence-corrected chi connectivity index (χ0v) is 11.0. The molecule has 0 saturated carbocycles. The molecule has 3 nitrogen and oxygen atoms in total. The van der Waals surface area contributed by atoms with E-state index in [9.17, 15) is 13.2 Å². The van der Waals surface area contributed by atoms with Crippen LogP contribution in [-0.4, -0.2) is 19.4 Å². The minimum absolute atomic E-state index is 0.198. The maximum absolute atomic E-state index is 12.1. The molecule has 1 aromatic heterocycles. The Bertz CT molecular complexity index is 577. The van der Waals surface area contributed by atoms with Gasteiger partial charge in [0, 0.05) is 17.4 Å². The normalized spacial score (nSPS) is 13.8. The molecule has 2 aromatic rings. The quantitative estimate of drug-likeness (QED) is 0.914. The number of aryl methyl sites for hydroxylation is 1. The molecule has 0 fully saturated rings. The molecule has 1 aromatic carbocycles. The zero-order valence-electron chi connectivity index (χ0n) is 11.0. The minimum atomic E-state index is -4.34. The van der Waals surface area contributed by atoms with Gasteiger partial charge < -0.3 is 14.9 Å². The first kappa shape index (κ1) is 14.9. The Balaban J connectivity index is 2.18. The average molecular weight is 287 g/mol. The second kappa shape index (κ2) is 5.85. The van der Waals surface area contributed by atoms with Crippen molar-refractivity contribution >= 4 is 11.0 Å². The van der Waals surface area contributed by atoms with Gasteiger partial charge in [0.1, 0.15) is 18.0 Å². The highest BCUT2D eigenvalue weighted by molar-refractivity contribution is 5.82. The van der Waals surface area contributed by atoms with Gasteiger partial charge in [-0.2, -0.15) is 13.2 Å². The topological polar surface area (TPSA) is 48.4 Å². The number of rotatable bonds is 5. The van der Waals surface area contributed by atoms with Crippen molar-refractivity contribution in [1.82, 2.24) is 0 Å². The SMILES string of the molecule is CCc1oc2ccccc2c1C(N)COCC(F)(F)F. The van der Waals surface area contributed by atoms with Crippen LogP contribution in [0.2, 0.25) is 0 Å². The number of ether oxygens (including phenoxy) is 1. The van der Waals surface area contributed by atoms with E-state index in [4.69, 9.17) is 10.2 Å². The van der Waals surface area contributed by atoms with E-state index in [1.807, 2.05) is 25.1 Å². The summed E-state index contributed by atoms with van der Waals surface area (Å²) < 4.78 is 46.5. The van der Waals surface area contributed by atoms with Crippen LogP contribution in [0.15, 0.2) is 28.7 Å². The molecule has 2 N–H and O–H groups in total. The van der Waals surface area contributed by atoms with Crippen LogP contribution in [0.3, 0.4) is 0 Å². The fourth-order valence-corrected chi connectivity index (χ4v) is 2.17. The molecule has 0 radical (unpaired) electrons. The molecular weight excluding hydrogens is 271 g/mol. The van der Waals surface area contributed by atoms with Crippen LogP contribution in [0, 0.1) is 0 Å². The number of para-hydroxylation sites is 1. The van der Waals surface area contributed by atoms with Crippen molar-refractivity contribution in [1.29, 1.82) is 0 Å². The summed E-state index contributed by atoms with van der Waals surface area (Å²) in [5.74, 6) is 0.689. The molecule has 110 valence electrons. The van der Waals surface area contributed by atoms with E-state index >= 15 is 0 Å². The number of halogens is 3. The highest BCUT2D eigenvalue weighted by Crippen LogP contribution is 2.30. The van der Waals surface area contributed by atoms with Gasteiger partial charge in [0.2, 0.25) is 0 Å². The van der Waals surface area contributed by atoms with Crippen LogP contribution in [0.25, 0.3) is 11.0 Å². The summed E-state index contributed by atoms with van der Waals surface area (Å²) in [5, 5.41) is 0.826. The maximum Gasteiger partial charge on any atom is 0.411 e. The van der Waals surface area contributed by atoms with Crippen LogP contribution in [-0.2, 0) is 11.2 Å². The van der Waals surface area contributed by atoms with Gasteiger partial charge in [-0.05, 0) is 6.07 Å². The summed E-state index contributed by atoms with van der Waals surface area (Å²) in [5.41, 5.74) is 7.37. The fraction of sp³-hybridized carbons (Fsp3) is 0.429. The van der Waals surface area contributed by atoms with Crippen molar-refractivity contribution < 1.29 is 22.3 Å². The van der Waals surface area contributed by atoms with Crippen LogP contribution >= 0.6 is 0 Å². The Kier molecular flexibility index (Phi) is 4.35.